The lowest BCUT2D eigenvalue weighted by atomic mass is 10.1. The lowest BCUT2D eigenvalue weighted by Crippen LogP contribution is -2.53. The quantitative estimate of drug-likeness (QED) is 0.452. The lowest BCUT2D eigenvalue weighted by molar-refractivity contribution is -0.140. The Morgan fingerprint density at radius 1 is 1.00 bits per heavy atom. The summed E-state index contributed by atoms with van der Waals surface area (Å²) in [7, 11) is 0.431. The number of amides is 2. The third-order valence-corrected chi connectivity index (χ3v) is 7.33. The Balaban J connectivity index is 2.45. The number of carbonyl (C=O) groups excluding carboxylic acids is 2. The van der Waals surface area contributed by atoms with Crippen molar-refractivity contribution in [2.75, 3.05) is 38.6 Å². The molecule has 0 saturated heterocycles. The van der Waals surface area contributed by atoms with Crippen molar-refractivity contribution in [1.82, 2.24) is 14.5 Å². The number of para-hydroxylation sites is 1. The zero-order valence-electron chi connectivity index (χ0n) is 21.1. The van der Waals surface area contributed by atoms with Crippen molar-refractivity contribution < 1.29 is 22.7 Å². The maximum absolute atomic E-state index is 13.7. The lowest BCUT2D eigenvalue weighted by Gasteiger charge is -2.34. The van der Waals surface area contributed by atoms with Crippen LogP contribution >= 0.6 is 0 Å². The normalized spacial score (nSPS) is 12.2. The van der Waals surface area contributed by atoms with Crippen molar-refractivity contribution in [1.29, 1.82) is 0 Å². The number of ether oxygens (including phenoxy) is 1. The van der Waals surface area contributed by atoms with Crippen LogP contribution in [0.25, 0.3) is 0 Å². The zero-order valence-corrected chi connectivity index (χ0v) is 21.9. The summed E-state index contributed by atoms with van der Waals surface area (Å²) in [6, 6.07) is 14.9. The molecule has 2 amide bonds. The van der Waals surface area contributed by atoms with Crippen LogP contribution in [0.2, 0.25) is 0 Å². The molecule has 0 unspecified atom stereocenters. The molecule has 192 valence electrons. The molecule has 0 aromatic heterocycles. The molecular weight excluding hydrogens is 468 g/mol. The monoisotopic (exact) mass is 504 g/mol. The molecule has 0 bridgehead atoms. The Hall–Kier alpha value is -3.11. The molecule has 0 spiro atoms. The third kappa shape index (κ3) is 7.43. The van der Waals surface area contributed by atoms with Gasteiger partial charge in [-0.2, -0.15) is 12.7 Å². The van der Waals surface area contributed by atoms with Crippen molar-refractivity contribution >= 4 is 27.7 Å². The van der Waals surface area contributed by atoms with Crippen molar-refractivity contribution in [3.8, 4) is 5.75 Å². The highest BCUT2D eigenvalue weighted by Gasteiger charge is 2.33. The minimum atomic E-state index is -3.97. The summed E-state index contributed by atoms with van der Waals surface area (Å²) in [6.07, 6.45) is 1.14. The molecule has 0 saturated carbocycles. The highest BCUT2D eigenvalue weighted by Crippen LogP contribution is 2.21. The van der Waals surface area contributed by atoms with Crippen LogP contribution in [0.1, 0.15) is 32.3 Å². The maximum Gasteiger partial charge on any atom is 0.304 e. The topological polar surface area (TPSA) is 99.3 Å². The fourth-order valence-corrected chi connectivity index (χ4v) is 4.58. The van der Waals surface area contributed by atoms with Gasteiger partial charge in [-0.3, -0.25) is 9.59 Å². The van der Waals surface area contributed by atoms with Gasteiger partial charge in [0.15, 0.2) is 0 Å². The summed E-state index contributed by atoms with van der Waals surface area (Å²) < 4.78 is 33.6. The van der Waals surface area contributed by atoms with E-state index in [2.05, 4.69) is 5.32 Å². The van der Waals surface area contributed by atoms with Gasteiger partial charge in [-0.1, -0.05) is 44.2 Å². The van der Waals surface area contributed by atoms with Crippen LogP contribution in [0.3, 0.4) is 0 Å². The van der Waals surface area contributed by atoms with Crippen LogP contribution in [0.15, 0.2) is 54.6 Å². The van der Waals surface area contributed by atoms with Crippen LogP contribution in [-0.4, -0.2) is 69.8 Å². The van der Waals surface area contributed by atoms with Gasteiger partial charge < -0.3 is 15.0 Å². The van der Waals surface area contributed by atoms with Crippen LogP contribution in [0.5, 0.6) is 5.75 Å². The molecule has 0 radical (unpaired) electrons. The predicted molar refractivity (Wildman–Crippen MR) is 137 cm³/mol. The predicted octanol–water partition coefficient (Wildman–Crippen LogP) is 2.64. The molecule has 0 aliphatic carbocycles. The molecule has 2 rings (SSSR count). The number of benzene rings is 2. The van der Waals surface area contributed by atoms with E-state index < -0.39 is 28.7 Å². The minimum absolute atomic E-state index is 0.144. The van der Waals surface area contributed by atoms with Gasteiger partial charge in [-0.25, -0.2) is 4.31 Å². The van der Waals surface area contributed by atoms with Crippen LogP contribution in [0.4, 0.5) is 5.69 Å². The van der Waals surface area contributed by atoms with E-state index in [1.54, 1.807) is 49.6 Å². The van der Waals surface area contributed by atoms with E-state index in [1.807, 2.05) is 26.0 Å². The fourth-order valence-electron chi connectivity index (χ4n) is 3.52. The molecular formula is C25H36N4O5S. The molecule has 0 heterocycles. The van der Waals surface area contributed by atoms with Crippen LogP contribution < -0.4 is 14.4 Å². The highest BCUT2D eigenvalue weighted by atomic mass is 32.2. The number of nitrogens with one attached hydrogen (secondary N) is 1. The summed E-state index contributed by atoms with van der Waals surface area (Å²) in [6.45, 7) is 3.97. The van der Waals surface area contributed by atoms with E-state index in [9.17, 15) is 18.0 Å². The van der Waals surface area contributed by atoms with Crippen LogP contribution in [0, 0.1) is 0 Å². The molecule has 0 aliphatic rings. The first-order chi connectivity index (χ1) is 16.6. The molecule has 2 aromatic carbocycles. The van der Waals surface area contributed by atoms with Gasteiger partial charge in [0, 0.05) is 27.2 Å². The second kappa shape index (κ2) is 13.1. The molecule has 0 fully saturated rings. The number of rotatable bonds is 13. The SMILES string of the molecule is CCCNC(=O)[C@H](CC)N(Cc1ccc(OC)cc1)C(=O)CN(c1ccccc1)S(=O)(=O)N(C)C. The summed E-state index contributed by atoms with van der Waals surface area (Å²) in [5.74, 6) is -0.0711. The smallest absolute Gasteiger partial charge is 0.304 e. The molecule has 9 nitrogen and oxygen atoms in total. The number of carbonyl (C=O) groups is 2. The standard InChI is InChI=1S/C25H36N4O5S/c1-6-17-26-25(31)23(7-2)28(18-20-13-15-22(34-5)16-14-20)24(30)19-29(35(32,33)27(3)4)21-11-9-8-10-12-21/h8-16,23H,6-7,17-19H2,1-5H3,(H,26,31)/t23-/m0/s1. The Morgan fingerprint density at radius 3 is 2.14 bits per heavy atom. The third-order valence-electron chi connectivity index (χ3n) is 5.51. The summed E-state index contributed by atoms with van der Waals surface area (Å²) >= 11 is 0. The molecule has 1 atom stereocenters. The molecule has 1 N–H and O–H groups in total. The van der Waals surface area contributed by atoms with E-state index in [-0.39, 0.29) is 12.5 Å². The first kappa shape index (κ1) is 28.1. The Kier molecular flexibility index (Phi) is 10.5. The number of nitrogens with zero attached hydrogens (tertiary/aromatic N) is 3. The van der Waals surface area contributed by atoms with Gasteiger partial charge in [0.25, 0.3) is 0 Å². The number of hydrogen-bond donors (Lipinski definition) is 1. The number of anilines is 1. The second-order valence-corrected chi connectivity index (χ2v) is 10.3. The van der Waals surface area contributed by atoms with Crippen molar-refractivity contribution in [2.45, 2.75) is 39.3 Å². The second-order valence-electron chi connectivity index (χ2n) is 8.22. The van der Waals surface area contributed by atoms with E-state index >= 15 is 0 Å². The van der Waals surface area contributed by atoms with Gasteiger partial charge in [0.2, 0.25) is 11.8 Å². The van der Waals surface area contributed by atoms with Gasteiger partial charge >= 0.3 is 10.2 Å². The largest absolute Gasteiger partial charge is 0.497 e. The Bertz CT molecular complexity index is 1060. The van der Waals surface area contributed by atoms with Gasteiger partial charge in [-0.15, -0.1) is 0 Å². The highest BCUT2D eigenvalue weighted by molar-refractivity contribution is 7.90. The average Bonchev–Trinajstić information content (AvgIpc) is 2.86. The van der Waals surface area contributed by atoms with Gasteiger partial charge in [0.1, 0.15) is 18.3 Å². The van der Waals surface area contributed by atoms with E-state index in [4.69, 9.17) is 4.74 Å². The molecule has 35 heavy (non-hydrogen) atoms. The Morgan fingerprint density at radius 2 is 1.63 bits per heavy atom. The van der Waals surface area contributed by atoms with Crippen LogP contribution in [-0.2, 0) is 26.3 Å². The zero-order chi connectivity index (χ0) is 26.0. The van der Waals surface area contributed by atoms with E-state index in [1.165, 1.54) is 19.0 Å². The first-order valence-corrected chi connectivity index (χ1v) is 13.0. The van der Waals surface area contributed by atoms with E-state index in [0.29, 0.717) is 24.4 Å². The summed E-state index contributed by atoms with van der Waals surface area (Å²) in [5.41, 5.74) is 1.16. The van der Waals surface area contributed by atoms with E-state index in [0.717, 1.165) is 20.6 Å². The number of methoxy groups -OCH3 is 1. The minimum Gasteiger partial charge on any atom is -0.497 e. The van der Waals surface area contributed by atoms with Crippen molar-refractivity contribution in [3.63, 3.8) is 0 Å². The summed E-state index contributed by atoms with van der Waals surface area (Å²) in [5, 5.41) is 2.86. The van der Waals surface area contributed by atoms with Gasteiger partial charge in [0.05, 0.1) is 12.8 Å². The van der Waals surface area contributed by atoms with Gasteiger partial charge in [-0.05, 0) is 42.7 Å². The average molecular weight is 505 g/mol. The molecule has 10 heteroatoms. The maximum atomic E-state index is 13.7. The Labute approximate surface area is 208 Å². The first-order valence-electron chi connectivity index (χ1n) is 11.6. The van der Waals surface area contributed by atoms with Crippen molar-refractivity contribution in [2.24, 2.45) is 0 Å². The summed E-state index contributed by atoms with van der Waals surface area (Å²) in [4.78, 5) is 28.1. The van der Waals surface area contributed by atoms with Crippen molar-refractivity contribution in [3.05, 3.63) is 60.2 Å². The molecule has 0 aliphatic heterocycles. The number of hydrogen-bond acceptors (Lipinski definition) is 5. The fraction of sp³-hybridized carbons (Fsp3) is 0.440. The molecule has 2 aromatic rings.